The Balaban J connectivity index is 2.53. The maximum atomic E-state index is 13.8. The van der Waals surface area contributed by atoms with Crippen molar-refractivity contribution in [2.75, 3.05) is 24.9 Å². The number of carbonyl (C=O) groups excluding carboxylic acids is 2. The van der Waals surface area contributed by atoms with Gasteiger partial charge in [0.15, 0.2) is 0 Å². The zero-order valence-electron chi connectivity index (χ0n) is 22.9. The predicted octanol–water partition coefficient (Wildman–Crippen LogP) is 3.56. The molecule has 2 rings (SSSR count). The molecule has 8 nitrogen and oxygen atoms in total. The summed E-state index contributed by atoms with van der Waals surface area (Å²) in [6.45, 7) is 12.6. The normalized spacial score (nSPS) is 12.8. The molecule has 9 heteroatoms. The van der Waals surface area contributed by atoms with E-state index in [2.05, 4.69) is 5.32 Å². The van der Waals surface area contributed by atoms with E-state index >= 15 is 0 Å². The Bertz CT molecular complexity index is 1200. The molecule has 2 aromatic carbocycles. The third-order valence-electron chi connectivity index (χ3n) is 5.75. The summed E-state index contributed by atoms with van der Waals surface area (Å²) in [6, 6.07) is 12.4. The van der Waals surface area contributed by atoms with Gasteiger partial charge in [-0.2, -0.15) is 12.7 Å². The highest BCUT2D eigenvalue weighted by molar-refractivity contribution is 7.90. The van der Waals surface area contributed by atoms with Gasteiger partial charge in [0.2, 0.25) is 11.8 Å². The van der Waals surface area contributed by atoms with Crippen LogP contribution in [0.25, 0.3) is 0 Å². The van der Waals surface area contributed by atoms with Gasteiger partial charge in [-0.3, -0.25) is 9.59 Å². The smallest absolute Gasteiger partial charge is 0.304 e. The van der Waals surface area contributed by atoms with Gasteiger partial charge in [-0.1, -0.05) is 42.0 Å². The Morgan fingerprint density at radius 2 is 1.58 bits per heavy atom. The van der Waals surface area contributed by atoms with Gasteiger partial charge < -0.3 is 10.2 Å². The number of aryl methyl sites for hydroxylation is 3. The second-order valence-electron chi connectivity index (χ2n) is 10.5. The first-order chi connectivity index (χ1) is 16.5. The molecule has 0 unspecified atom stereocenters. The Hall–Kier alpha value is -2.91. The molecule has 0 saturated carbocycles. The summed E-state index contributed by atoms with van der Waals surface area (Å²) in [4.78, 5) is 28.3. The van der Waals surface area contributed by atoms with E-state index in [0.717, 1.165) is 30.9 Å². The highest BCUT2D eigenvalue weighted by Crippen LogP contribution is 2.26. The van der Waals surface area contributed by atoms with Crippen LogP contribution in [0.5, 0.6) is 0 Å². The van der Waals surface area contributed by atoms with Crippen molar-refractivity contribution >= 4 is 27.7 Å². The average molecular weight is 517 g/mol. The number of benzene rings is 2. The maximum absolute atomic E-state index is 13.8. The van der Waals surface area contributed by atoms with E-state index in [1.807, 2.05) is 71.0 Å². The van der Waals surface area contributed by atoms with E-state index in [4.69, 9.17) is 0 Å². The van der Waals surface area contributed by atoms with Crippen LogP contribution >= 0.6 is 0 Å². The third-order valence-corrected chi connectivity index (χ3v) is 7.56. The summed E-state index contributed by atoms with van der Waals surface area (Å²) >= 11 is 0. The second-order valence-corrected chi connectivity index (χ2v) is 12.6. The van der Waals surface area contributed by atoms with Crippen molar-refractivity contribution in [2.24, 2.45) is 0 Å². The van der Waals surface area contributed by atoms with Crippen molar-refractivity contribution < 1.29 is 18.0 Å². The molecule has 0 aromatic heterocycles. The van der Waals surface area contributed by atoms with E-state index in [0.29, 0.717) is 5.69 Å². The summed E-state index contributed by atoms with van der Waals surface area (Å²) in [7, 11) is -1.13. The quantitative estimate of drug-likeness (QED) is 0.552. The highest BCUT2D eigenvalue weighted by atomic mass is 32.2. The van der Waals surface area contributed by atoms with Crippen LogP contribution in [0.3, 0.4) is 0 Å². The number of amides is 2. The van der Waals surface area contributed by atoms with Crippen LogP contribution in [0.2, 0.25) is 0 Å². The first-order valence-electron chi connectivity index (χ1n) is 12.0. The Labute approximate surface area is 216 Å². The molecular formula is C27H40N4O4S. The molecule has 198 valence electrons. The molecule has 0 spiro atoms. The number of hydrogen-bond acceptors (Lipinski definition) is 4. The molecule has 0 aliphatic rings. The van der Waals surface area contributed by atoms with Crippen molar-refractivity contribution in [2.45, 2.75) is 66.6 Å². The first-order valence-corrected chi connectivity index (χ1v) is 13.4. The SMILES string of the molecule is Cc1cccc(CN(C(=O)CN(c2cc(C)ccc2C)S(=O)(=O)N(C)C)[C@H](C)C(=O)NC(C)(C)C)c1. The Kier molecular flexibility index (Phi) is 9.31. The van der Waals surface area contributed by atoms with Crippen LogP contribution in [0.1, 0.15) is 49.9 Å². The topological polar surface area (TPSA) is 90.0 Å². The zero-order valence-corrected chi connectivity index (χ0v) is 23.7. The molecule has 0 aliphatic carbocycles. The average Bonchev–Trinajstić information content (AvgIpc) is 2.75. The Morgan fingerprint density at radius 1 is 0.972 bits per heavy atom. The molecule has 0 heterocycles. The summed E-state index contributed by atoms with van der Waals surface area (Å²) in [5.74, 6) is -0.781. The van der Waals surface area contributed by atoms with Crippen molar-refractivity contribution in [1.82, 2.24) is 14.5 Å². The van der Waals surface area contributed by atoms with Crippen molar-refractivity contribution in [3.05, 3.63) is 64.7 Å². The minimum atomic E-state index is -4.00. The van der Waals surface area contributed by atoms with E-state index in [1.165, 1.54) is 19.0 Å². The molecule has 0 aliphatic heterocycles. The van der Waals surface area contributed by atoms with Gasteiger partial charge >= 0.3 is 10.2 Å². The molecule has 2 amide bonds. The summed E-state index contributed by atoms with van der Waals surface area (Å²) < 4.78 is 28.9. The lowest BCUT2D eigenvalue weighted by molar-refractivity contribution is -0.140. The van der Waals surface area contributed by atoms with Gasteiger partial charge in [0.1, 0.15) is 12.6 Å². The van der Waals surface area contributed by atoms with E-state index in [-0.39, 0.29) is 12.5 Å². The standard InChI is InChI=1S/C27H40N4O4S/c1-19-11-10-12-23(15-19)17-30(22(4)26(33)28-27(5,6)7)25(32)18-31(36(34,35)29(8)9)24-16-20(2)13-14-21(24)3/h10-16,22H,17-18H2,1-9H3,(H,28,33)/t22-/m1/s1. The largest absolute Gasteiger partial charge is 0.350 e. The van der Waals surface area contributed by atoms with E-state index in [1.54, 1.807) is 19.9 Å². The van der Waals surface area contributed by atoms with Gasteiger partial charge in [0.25, 0.3) is 0 Å². The lowest BCUT2D eigenvalue weighted by Gasteiger charge is -2.34. The molecular weight excluding hydrogens is 476 g/mol. The third kappa shape index (κ3) is 7.54. The van der Waals surface area contributed by atoms with Crippen LogP contribution in [0.4, 0.5) is 5.69 Å². The fourth-order valence-electron chi connectivity index (χ4n) is 3.75. The number of nitrogens with zero attached hydrogens (tertiary/aromatic N) is 3. The molecule has 0 radical (unpaired) electrons. The van der Waals surface area contributed by atoms with Crippen LogP contribution in [0, 0.1) is 20.8 Å². The molecule has 0 saturated heterocycles. The molecule has 0 bridgehead atoms. The second kappa shape index (κ2) is 11.4. The number of anilines is 1. The predicted molar refractivity (Wildman–Crippen MR) is 145 cm³/mol. The van der Waals surface area contributed by atoms with Crippen molar-refractivity contribution in [3.8, 4) is 0 Å². The zero-order chi connectivity index (χ0) is 27.4. The maximum Gasteiger partial charge on any atom is 0.304 e. The molecule has 0 fully saturated rings. The fourth-order valence-corrected chi connectivity index (χ4v) is 4.87. The molecule has 1 atom stereocenters. The molecule has 2 aromatic rings. The molecule has 1 N–H and O–H groups in total. The van der Waals surface area contributed by atoms with E-state index < -0.39 is 34.2 Å². The lowest BCUT2D eigenvalue weighted by atomic mass is 10.1. The van der Waals surface area contributed by atoms with Crippen LogP contribution in [0.15, 0.2) is 42.5 Å². The van der Waals surface area contributed by atoms with Gasteiger partial charge in [0, 0.05) is 26.2 Å². The number of hydrogen-bond donors (Lipinski definition) is 1. The summed E-state index contributed by atoms with van der Waals surface area (Å²) in [5.41, 5.74) is 3.42. The molecule has 36 heavy (non-hydrogen) atoms. The Morgan fingerprint density at radius 3 is 2.14 bits per heavy atom. The van der Waals surface area contributed by atoms with Crippen LogP contribution in [-0.2, 0) is 26.3 Å². The van der Waals surface area contributed by atoms with Crippen LogP contribution < -0.4 is 9.62 Å². The summed E-state index contributed by atoms with van der Waals surface area (Å²) in [6.07, 6.45) is 0. The van der Waals surface area contributed by atoms with E-state index in [9.17, 15) is 18.0 Å². The monoisotopic (exact) mass is 516 g/mol. The lowest BCUT2D eigenvalue weighted by Crippen LogP contribution is -2.55. The number of nitrogens with one attached hydrogen (secondary N) is 1. The van der Waals surface area contributed by atoms with Crippen LogP contribution in [-0.4, -0.2) is 61.7 Å². The minimum Gasteiger partial charge on any atom is -0.350 e. The number of carbonyl (C=O) groups is 2. The van der Waals surface area contributed by atoms with Gasteiger partial charge in [-0.05, 0) is 71.2 Å². The highest BCUT2D eigenvalue weighted by Gasteiger charge is 2.34. The first kappa shape index (κ1) is 29.3. The van der Waals surface area contributed by atoms with Gasteiger partial charge in [-0.25, -0.2) is 4.31 Å². The van der Waals surface area contributed by atoms with Gasteiger partial charge in [-0.15, -0.1) is 0 Å². The van der Waals surface area contributed by atoms with Gasteiger partial charge in [0.05, 0.1) is 5.69 Å². The fraction of sp³-hybridized carbons (Fsp3) is 0.481. The minimum absolute atomic E-state index is 0.169. The van der Waals surface area contributed by atoms with Crippen molar-refractivity contribution in [3.63, 3.8) is 0 Å². The number of rotatable bonds is 9. The van der Waals surface area contributed by atoms with Crippen molar-refractivity contribution in [1.29, 1.82) is 0 Å². The summed E-state index contributed by atoms with van der Waals surface area (Å²) in [5, 5.41) is 2.93.